The molecule has 4 N–H and O–H groups in total. The number of nitrogens with zero attached hydrogens (tertiary/aromatic N) is 2. The van der Waals surface area contributed by atoms with E-state index in [1.807, 2.05) is 43.3 Å². The van der Waals surface area contributed by atoms with Crippen molar-refractivity contribution in [1.82, 2.24) is 14.9 Å². The van der Waals surface area contributed by atoms with Crippen molar-refractivity contribution in [3.05, 3.63) is 92.1 Å². The number of carbonyl (C=O) groups is 2. The molecular formula is C23H25N5O4. The summed E-state index contributed by atoms with van der Waals surface area (Å²) >= 11 is 0. The molecule has 0 fully saturated rings. The van der Waals surface area contributed by atoms with Gasteiger partial charge in [0.1, 0.15) is 5.82 Å². The summed E-state index contributed by atoms with van der Waals surface area (Å²) < 4.78 is 1.20. The topological polar surface area (TPSA) is 130 Å². The van der Waals surface area contributed by atoms with Crippen molar-refractivity contribution in [1.29, 1.82) is 0 Å². The second-order valence-corrected chi connectivity index (χ2v) is 7.39. The molecule has 166 valence electrons. The average Bonchev–Trinajstić information content (AvgIpc) is 2.77. The van der Waals surface area contributed by atoms with E-state index >= 15 is 0 Å². The molecule has 2 aromatic carbocycles. The fraction of sp³-hybridized carbons (Fsp3) is 0.217. The molecule has 0 spiro atoms. The number of H-pyrrole nitrogens is 1. The Morgan fingerprint density at radius 2 is 1.81 bits per heavy atom. The number of aromatic amines is 1. The van der Waals surface area contributed by atoms with Gasteiger partial charge in [0.15, 0.2) is 5.69 Å². The lowest BCUT2D eigenvalue weighted by molar-refractivity contribution is -0.118. The number of amides is 2. The van der Waals surface area contributed by atoms with Gasteiger partial charge in [0.05, 0.1) is 6.54 Å². The van der Waals surface area contributed by atoms with Gasteiger partial charge in [-0.05, 0) is 24.6 Å². The molecule has 9 heteroatoms. The van der Waals surface area contributed by atoms with Crippen LogP contribution in [0.2, 0.25) is 0 Å². The summed E-state index contributed by atoms with van der Waals surface area (Å²) in [5.74, 6) is -0.836. The van der Waals surface area contributed by atoms with Crippen molar-refractivity contribution in [2.24, 2.45) is 0 Å². The highest BCUT2D eigenvalue weighted by molar-refractivity contribution is 5.97. The zero-order valence-corrected chi connectivity index (χ0v) is 17.9. The van der Waals surface area contributed by atoms with Crippen LogP contribution in [0.4, 0.5) is 11.5 Å². The zero-order valence-electron chi connectivity index (χ0n) is 17.9. The number of nitrogens with two attached hydrogens (primary N) is 1. The van der Waals surface area contributed by atoms with Gasteiger partial charge in [0.2, 0.25) is 5.91 Å². The van der Waals surface area contributed by atoms with Gasteiger partial charge < -0.3 is 16.0 Å². The van der Waals surface area contributed by atoms with Gasteiger partial charge >= 0.3 is 5.69 Å². The minimum absolute atomic E-state index is 0.0508. The van der Waals surface area contributed by atoms with E-state index in [1.54, 1.807) is 18.2 Å². The Kier molecular flexibility index (Phi) is 6.89. The predicted octanol–water partition coefficient (Wildman–Crippen LogP) is 1.26. The molecule has 0 aliphatic heterocycles. The van der Waals surface area contributed by atoms with Gasteiger partial charge in [-0.15, -0.1) is 0 Å². The molecule has 0 bridgehead atoms. The fourth-order valence-electron chi connectivity index (χ4n) is 3.29. The maximum atomic E-state index is 12.7. The molecule has 1 heterocycles. The summed E-state index contributed by atoms with van der Waals surface area (Å²) in [5.41, 5.74) is 6.85. The standard InChI is InChI=1S/C23H25N5O4/c1-15-7-6-10-17(13-15)21(30)25-12-11-18(29)27(2)19-20(24)28(23(32)26-22(19)31)14-16-8-4-3-5-9-16/h3-10,13H,11-12,14,24H2,1-2H3,(H,25,30)(H,26,31,32). The molecule has 3 rings (SSSR count). The summed E-state index contributed by atoms with van der Waals surface area (Å²) in [6.07, 6.45) is -0.0508. The van der Waals surface area contributed by atoms with E-state index in [1.165, 1.54) is 11.6 Å². The summed E-state index contributed by atoms with van der Waals surface area (Å²) in [4.78, 5) is 52.9. The highest BCUT2D eigenvalue weighted by Gasteiger charge is 2.21. The molecule has 0 saturated heterocycles. The van der Waals surface area contributed by atoms with Crippen LogP contribution in [0.5, 0.6) is 0 Å². The number of hydrogen-bond donors (Lipinski definition) is 3. The van der Waals surface area contributed by atoms with Crippen molar-refractivity contribution >= 4 is 23.3 Å². The van der Waals surface area contributed by atoms with Crippen molar-refractivity contribution in [3.63, 3.8) is 0 Å². The van der Waals surface area contributed by atoms with Crippen molar-refractivity contribution < 1.29 is 9.59 Å². The zero-order chi connectivity index (χ0) is 23.3. The maximum absolute atomic E-state index is 12.7. The summed E-state index contributed by atoms with van der Waals surface area (Å²) in [7, 11) is 1.41. The van der Waals surface area contributed by atoms with E-state index < -0.39 is 17.2 Å². The van der Waals surface area contributed by atoms with Crippen LogP contribution in [0.15, 0.2) is 64.2 Å². The fourth-order valence-corrected chi connectivity index (χ4v) is 3.29. The first-order valence-electron chi connectivity index (χ1n) is 10.1. The molecule has 3 aromatic rings. The largest absolute Gasteiger partial charge is 0.383 e. The van der Waals surface area contributed by atoms with Gasteiger partial charge in [-0.25, -0.2) is 4.79 Å². The molecule has 1 aromatic heterocycles. The number of aryl methyl sites for hydroxylation is 1. The molecule has 0 radical (unpaired) electrons. The lowest BCUT2D eigenvalue weighted by Gasteiger charge is -2.20. The number of nitrogen functional groups attached to an aromatic ring is 1. The van der Waals surface area contributed by atoms with Crippen LogP contribution in [0, 0.1) is 6.92 Å². The Labute approximate surface area is 184 Å². The normalized spacial score (nSPS) is 10.6. The minimum atomic E-state index is -0.753. The van der Waals surface area contributed by atoms with E-state index in [-0.39, 0.29) is 36.9 Å². The van der Waals surface area contributed by atoms with E-state index in [2.05, 4.69) is 10.3 Å². The van der Waals surface area contributed by atoms with E-state index in [0.717, 1.165) is 16.0 Å². The first-order valence-corrected chi connectivity index (χ1v) is 10.1. The number of benzene rings is 2. The van der Waals surface area contributed by atoms with Crippen LogP contribution in [-0.2, 0) is 11.3 Å². The molecule has 9 nitrogen and oxygen atoms in total. The number of rotatable bonds is 7. The Hall–Kier alpha value is -4.14. The van der Waals surface area contributed by atoms with Gasteiger partial charge in [0.25, 0.3) is 11.5 Å². The molecule has 32 heavy (non-hydrogen) atoms. The third kappa shape index (κ3) is 5.12. The van der Waals surface area contributed by atoms with Crippen LogP contribution in [0.1, 0.15) is 27.9 Å². The molecule has 0 atom stereocenters. The van der Waals surface area contributed by atoms with Crippen LogP contribution in [0.25, 0.3) is 0 Å². The van der Waals surface area contributed by atoms with Crippen LogP contribution in [0.3, 0.4) is 0 Å². The molecule has 0 aliphatic rings. The number of nitrogens with one attached hydrogen (secondary N) is 2. The van der Waals surface area contributed by atoms with Gasteiger partial charge in [-0.2, -0.15) is 0 Å². The van der Waals surface area contributed by atoms with E-state index in [0.29, 0.717) is 5.56 Å². The van der Waals surface area contributed by atoms with E-state index in [9.17, 15) is 19.2 Å². The third-order valence-corrected chi connectivity index (χ3v) is 5.01. The highest BCUT2D eigenvalue weighted by atomic mass is 16.2. The molecule has 0 aliphatic carbocycles. The number of carbonyl (C=O) groups excluding carboxylic acids is 2. The highest BCUT2D eigenvalue weighted by Crippen LogP contribution is 2.17. The lowest BCUT2D eigenvalue weighted by Crippen LogP contribution is -2.40. The minimum Gasteiger partial charge on any atom is -0.383 e. The van der Waals surface area contributed by atoms with Crippen molar-refractivity contribution in [3.8, 4) is 0 Å². The third-order valence-electron chi connectivity index (χ3n) is 5.01. The molecule has 0 saturated carbocycles. The van der Waals surface area contributed by atoms with Crippen molar-refractivity contribution in [2.75, 3.05) is 24.2 Å². The lowest BCUT2D eigenvalue weighted by atomic mass is 10.1. The molecule has 2 amide bonds. The Morgan fingerprint density at radius 1 is 1.09 bits per heavy atom. The summed E-state index contributed by atoms with van der Waals surface area (Å²) in [5, 5.41) is 2.69. The SMILES string of the molecule is Cc1cccc(C(=O)NCCC(=O)N(C)c2c(N)n(Cc3ccccc3)c(=O)[nH]c2=O)c1. The first-order chi connectivity index (χ1) is 15.3. The average molecular weight is 435 g/mol. The van der Waals surface area contributed by atoms with Gasteiger partial charge in [0, 0.05) is 25.6 Å². The Morgan fingerprint density at radius 3 is 2.50 bits per heavy atom. The van der Waals surface area contributed by atoms with Crippen molar-refractivity contribution in [2.45, 2.75) is 19.9 Å². The number of aromatic nitrogens is 2. The summed E-state index contributed by atoms with van der Waals surface area (Å²) in [6.45, 7) is 2.11. The number of hydrogen-bond acceptors (Lipinski definition) is 5. The second-order valence-electron chi connectivity index (χ2n) is 7.39. The Balaban J connectivity index is 1.72. The van der Waals surface area contributed by atoms with Crippen LogP contribution >= 0.6 is 0 Å². The summed E-state index contributed by atoms with van der Waals surface area (Å²) in [6, 6.07) is 16.2. The van der Waals surface area contributed by atoms with E-state index in [4.69, 9.17) is 5.73 Å². The van der Waals surface area contributed by atoms with Crippen LogP contribution in [-0.4, -0.2) is 35.0 Å². The first kappa shape index (κ1) is 22.5. The molecular weight excluding hydrogens is 410 g/mol. The smallest absolute Gasteiger partial charge is 0.330 e. The quantitative estimate of drug-likeness (QED) is 0.514. The Bertz CT molecular complexity index is 1250. The van der Waals surface area contributed by atoms with Gasteiger partial charge in [-0.3, -0.25) is 23.9 Å². The second kappa shape index (κ2) is 9.78. The molecule has 0 unspecified atom stereocenters. The van der Waals surface area contributed by atoms with Crippen LogP contribution < -0.4 is 27.2 Å². The number of anilines is 2. The maximum Gasteiger partial charge on any atom is 0.330 e. The van der Waals surface area contributed by atoms with Gasteiger partial charge in [-0.1, -0.05) is 48.0 Å². The monoisotopic (exact) mass is 435 g/mol. The predicted molar refractivity (Wildman–Crippen MR) is 123 cm³/mol.